The molecule has 1 aliphatic heterocycles. The van der Waals surface area contributed by atoms with Crippen molar-refractivity contribution >= 4 is 38.3 Å². The Kier molecular flexibility index (Phi) is 3.19. The molecule has 124 valence electrons. The first-order chi connectivity index (χ1) is 11.6. The van der Waals surface area contributed by atoms with Crippen LogP contribution < -0.4 is 5.32 Å². The standard InChI is InChI=1S/C19H20BrN3O/c1-23-9-10(19(24)21-11-5-6-11)7-13-12-3-2-4-15-17(12)14(8-16(13)23)18(20)22-15/h2-4,7,10-11,16,22H,5-6,8-9H2,1H3,(H,21,24)/t10-,16-/m1/s1. The molecule has 0 radical (unpaired) electrons. The Bertz CT molecular complexity index is 880. The maximum atomic E-state index is 12.6. The van der Waals surface area contributed by atoms with Crippen LogP contribution in [0.25, 0.3) is 16.5 Å². The summed E-state index contributed by atoms with van der Waals surface area (Å²) in [5.41, 5.74) is 5.11. The summed E-state index contributed by atoms with van der Waals surface area (Å²) in [6.07, 6.45) is 5.47. The number of carbonyl (C=O) groups excluding carboxylic acids is 1. The lowest BCUT2D eigenvalue weighted by molar-refractivity contribution is -0.124. The van der Waals surface area contributed by atoms with Gasteiger partial charge in [-0.3, -0.25) is 9.69 Å². The highest BCUT2D eigenvalue weighted by Gasteiger charge is 2.37. The highest BCUT2D eigenvalue weighted by Crippen LogP contribution is 2.43. The van der Waals surface area contributed by atoms with E-state index in [1.807, 2.05) is 0 Å². The Labute approximate surface area is 149 Å². The molecule has 1 amide bonds. The van der Waals surface area contributed by atoms with Crippen LogP contribution >= 0.6 is 15.9 Å². The molecule has 24 heavy (non-hydrogen) atoms. The van der Waals surface area contributed by atoms with Crippen LogP contribution in [-0.4, -0.2) is 41.5 Å². The molecule has 1 aromatic heterocycles. The molecule has 0 saturated heterocycles. The molecule has 2 heterocycles. The third kappa shape index (κ3) is 2.18. The fourth-order valence-electron chi connectivity index (χ4n) is 4.20. The van der Waals surface area contributed by atoms with Gasteiger partial charge in [-0.05, 0) is 65.0 Å². The van der Waals surface area contributed by atoms with Crippen LogP contribution in [0.2, 0.25) is 0 Å². The minimum Gasteiger partial charge on any atom is -0.353 e. The van der Waals surface area contributed by atoms with Crippen molar-refractivity contribution in [1.29, 1.82) is 0 Å². The monoisotopic (exact) mass is 385 g/mol. The predicted molar refractivity (Wildman–Crippen MR) is 98.8 cm³/mol. The molecule has 2 aromatic rings. The highest BCUT2D eigenvalue weighted by atomic mass is 79.9. The lowest BCUT2D eigenvalue weighted by Crippen LogP contribution is -2.46. The number of benzene rings is 1. The molecule has 1 saturated carbocycles. The van der Waals surface area contributed by atoms with Crippen molar-refractivity contribution in [3.63, 3.8) is 0 Å². The summed E-state index contributed by atoms with van der Waals surface area (Å²) in [6.45, 7) is 0.792. The number of likely N-dealkylation sites (N-methyl/N-ethyl adjacent to an activating group) is 1. The number of fused-ring (bicyclic) bond motifs is 2. The molecule has 3 aliphatic rings. The molecular weight excluding hydrogens is 366 g/mol. The number of hydrogen-bond donors (Lipinski definition) is 2. The number of rotatable bonds is 2. The van der Waals surface area contributed by atoms with E-state index in [2.05, 4.69) is 62.5 Å². The van der Waals surface area contributed by atoms with Crippen molar-refractivity contribution in [2.45, 2.75) is 31.3 Å². The number of nitrogens with one attached hydrogen (secondary N) is 2. The lowest BCUT2D eigenvalue weighted by Gasteiger charge is -2.39. The Morgan fingerprint density at radius 3 is 3.00 bits per heavy atom. The second-order valence-electron chi connectivity index (χ2n) is 7.32. The molecule has 0 spiro atoms. The van der Waals surface area contributed by atoms with Crippen LogP contribution in [-0.2, 0) is 11.2 Å². The van der Waals surface area contributed by atoms with Gasteiger partial charge in [-0.15, -0.1) is 0 Å². The van der Waals surface area contributed by atoms with E-state index < -0.39 is 0 Å². The van der Waals surface area contributed by atoms with Crippen molar-refractivity contribution in [1.82, 2.24) is 15.2 Å². The minimum atomic E-state index is -0.0546. The fourth-order valence-corrected chi connectivity index (χ4v) is 4.77. The normalized spacial score (nSPS) is 26.2. The number of hydrogen-bond acceptors (Lipinski definition) is 2. The Hall–Kier alpha value is -1.59. The van der Waals surface area contributed by atoms with Gasteiger partial charge in [0.2, 0.25) is 5.91 Å². The van der Waals surface area contributed by atoms with Crippen LogP contribution in [0.4, 0.5) is 0 Å². The van der Waals surface area contributed by atoms with Gasteiger partial charge in [0.25, 0.3) is 0 Å². The summed E-state index contributed by atoms with van der Waals surface area (Å²) in [4.78, 5) is 18.3. The van der Waals surface area contributed by atoms with Crippen LogP contribution in [0.3, 0.4) is 0 Å². The third-order valence-corrected chi connectivity index (χ3v) is 6.28. The number of aromatic amines is 1. The average molecular weight is 386 g/mol. The number of aromatic nitrogens is 1. The summed E-state index contributed by atoms with van der Waals surface area (Å²) < 4.78 is 1.09. The molecule has 1 aromatic carbocycles. The molecule has 2 atom stereocenters. The van der Waals surface area contributed by atoms with Gasteiger partial charge in [0.05, 0.1) is 10.5 Å². The molecule has 4 nitrogen and oxygen atoms in total. The van der Waals surface area contributed by atoms with Gasteiger partial charge in [0, 0.05) is 29.5 Å². The second-order valence-corrected chi connectivity index (χ2v) is 8.11. The molecular formula is C19H20BrN3O. The molecule has 2 N–H and O–H groups in total. The minimum absolute atomic E-state index is 0.0546. The first kappa shape index (κ1) is 14.7. The van der Waals surface area contributed by atoms with Crippen molar-refractivity contribution in [3.05, 3.63) is 40.0 Å². The van der Waals surface area contributed by atoms with Gasteiger partial charge < -0.3 is 10.3 Å². The van der Waals surface area contributed by atoms with E-state index in [9.17, 15) is 4.79 Å². The molecule has 1 fully saturated rings. The maximum absolute atomic E-state index is 12.6. The van der Waals surface area contributed by atoms with Gasteiger partial charge in [-0.2, -0.15) is 0 Å². The summed E-state index contributed by atoms with van der Waals surface area (Å²) >= 11 is 3.69. The van der Waals surface area contributed by atoms with Gasteiger partial charge in [-0.1, -0.05) is 18.2 Å². The zero-order chi connectivity index (χ0) is 16.4. The van der Waals surface area contributed by atoms with Crippen LogP contribution in [0.15, 0.2) is 28.9 Å². The van der Waals surface area contributed by atoms with E-state index in [0.717, 1.165) is 30.4 Å². The smallest absolute Gasteiger partial charge is 0.228 e. The zero-order valence-electron chi connectivity index (χ0n) is 13.6. The van der Waals surface area contributed by atoms with E-state index in [-0.39, 0.29) is 11.8 Å². The van der Waals surface area contributed by atoms with Crippen molar-refractivity contribution in [3.8, 4) is 0 Å². The van der Waals surface area contributed by atoms with Gasteiger partial charge in [0.15, 0.2) is 0 Å². The van der Waals surface area contributed by atoms with Crippen LogP contribution in [0.1, 0.15) is 24.0 Å². The second kappa shape index (κ2) is 5.20. The number of amides is 1. The predicted octanol–water partition coefficient (Wildman–Crippen LogP) is 3.08. The SMILES string of the molecule is CN1C[C@H](C(=O)NC2CC2)C=C2c3cccc4[nH]c(Br)c(c34)C[C@H]21. The van der Waals surface area contributed by atoms with E-state index >= 15 is 0 Å². The third-order valence-electron chi connectivity index (χ3n) is 5.60. The topological polar surface area (TPSA) is 48.1 Å². The first-order valence-corrected chi connectivity index (χ1v) is 9.43. The molecule has 5 rings (SSSR count). The number of halogens is 1. The lowest BCUT2D eigenvalue weighted by atomic mass is 9.80. The Morgan fingerprint density at radius 2 is 2.21 bits per heavy atom. The van der Waals surface area contributed by atoms with Crippen molar-refractivity contribution in [2.75, 3.05) is 13.6 Å². The average Bonchev–Trinajstić information content (AvgIpc) is 3.32. The van der Waals surface area contributed by atoms with Crippen molar-refractivity contribution < 1.29 is 4.79 Å². The zero-order valence-corrected chi connectivity index (χ0v) is 15.2. The maximum Gasteiger partial charge on any atom is 0.228 e. The summed E-state index contributed by atoms with van der Waals surface area (Å²) in [5, 5.41) is 4.47. The molecule has 5 heteroatoms. The van der Waals surface area contributed by atoms with Crippen LogP contribution in [0, 0.1) is 5.92 Å². The van der Waals surface area contributed by atoms with Gasteiger partial charge in [0.1, 0.15) is 0 Å². The summed E-state index contributed by atoms with van der Waals surface area (Å²) in [6, 6.07) is 7.18. The van der Waals surface area contributed by atoms with Gasteiger partial charge in [-0.25, -0.2) is 0 Å². The van der Waals surface area contributed by atoms with Crippen molar-refractivity contribution in [2.24, 2.45) is 5.92 Å². The fraction of sp³-hybridized carbons (Fsp3) is 0.421. The van der Waals surface area contributed by atoms with E-state index in [4.69, 9.17) is 0 Å². The molecule has 2 aliphatic carbocycles. The Balaban J connectivity index is 1.61. The number of carbonyl (C=O) groups is 1. The van der Waals surface area contributed by atoms with E-state index in [0.29, 0.717) is 12.1 Å². The van der Waals surface area contributed by atoms with E-state index in [1.165, 1.54) is 27.6 Å². The molecule has 0 bridgehead atoms. The summed E-state index contributed by atoms with van der Waals surface area (Å²) in [5.74, 6) is 0.129. The Morgan fingerprint density at radius 1 is 1.38 bits per heavy atom. The highest BCUT2D eigenvalue weighted by molar-refractivity contribution is 9.10. The van der Waals surface area contributed by atoms with Gasteiger partial charge >= 0.3 is 0 Å². The quantitative estimate of drug-likeness (QED) is 0.834. The van der Waals surface area contributed by atoms with Crippen LogP contribution in [0.5, 0.6) is 0 Å². The molecule has 0 unspecified atom stereocenters. The van der Waals surface area contributed by atoms with E-state index in [1.54, 1.807) is 0 Å². The first-order valence-electron chi connectivity index (χ1n) is 8.63. The largest absolute Gasteiger partial charge is 0.353 e. The number of H-pyrrole nitrogens is 1. The number of nitrogens with zero attached hydrogens (tertiary/aromatic N) is 1. The summed E-state index contributed by atoms with van der Waals surface area (Å²) in [7, 11) is 2.14.